The molecular weight excluding hydrogens is 289 g/mol. The van der Waals surface area contributed by atoms with Crippen LogP contribution in [0.5, 0.6) is 0 Å². The van der Waals surface area contributed by atoms with Gasteiger partial charge in [0.05, 0.1) is 25.4 Å². The highest BCUT2D eigenvalue weighted by molar-refractivity contribution is 5.84. The predicted molar refractivity (Wildman–Crippen MR) is 68.5 cm³/mol. The van der Waals surface area contributed by atoms with Crippen LogP contribution >= 0.6 is 0 Å². The van der Waals surface area contributed by atoms with E-state index in [4.69, 9.17) is 15.6 Å². The van der Waals surface area contributed by atoms with Gasteiger partial charge in [-0.2, -0.15) is 13.2 Å². The molecule has 8 heteroatoms. The van der Waals surface area contributed by atoms with Crippen LogP contribution in [0.3, 0.4) is 0 Å². The van der Waals surface area contributed by atoms with Gasteiger partial charge in [-0.25, -0.2) is 0 Å². The Morgan fingerprint density at radius 1 is 1.48 bits per heavy atom. The minimum absolute atomic E-state index is 0.0401. The van der Waals surface area contributed by atoms with Crippen molar-refractivity contribution in [3.63, 3.8) is 0 Å². The molecule has 0 saturated carbocycles. The van der Waals surface area contributed by atoms with E-state index in [1.807, 2.05) is 0 Å². The lowest BCUT2D eigenvalue weighted by molar-refractivity contribution is -0.138. The molecule has 0 spiro atoms. The molecule has 1 aliphatic rings. The van der Waals surface area contributed by atoms with Gasteiger partial charge < -0.3 is 20.5 Å². The Morgan fingerprint density at radius 2 is 2.19 bits per heavy atom. The maximum atomic E-state index is 13.0. The number of nitrogens with zero attached hydrogens (tertiary/aromatic N) is 1. The second-order valence-electron chi connectivity index (χ2n) is 4.68. The van der Waals surface area contributed by atoms with Crippen LogP contribution in [0.1, 0.15) is 11.1 Å². The summed E-state index contributed by atoms with van der Waals surface area (Å²) in [7, 11) is 0. The molecule has 0 aliphatic carbocycles. The summed E-state index contributed by atoms with van der Waals surface area (Å²) in [6.07, 6.45) is -4.58. The normalized spacial score (nSPS) is 19.6. The van der Waals surface area contributed by atoms with Gasteiger partial charge >= 0.3 is 6.18 Å². The van der Waals surface area contributed by atoms with Crippen molar-refractivity contribution in [1.82, 2.24) is 0 Å². The van der Waals surface area contributed by atoms with Crippen LogP contribution in [0.25, 0.3) is 0 Å². The van der Waals surface area contributed by atoms with E-state index in [1.165, 1.54) is 17.0 Å². The van der Waals surface area contributed by atoms with Gasteiger partial charge in [0.1, 0.15) is 6.04 Å². The van der Waals surface area contributed by atoms with Crippen LogP contribution in [0.15, 0.2) is 18.2 Å². The third-order valence-corrected chi connectivity index (χ3v) is 3.36. The second-order valence-corrected chi connectivity index (χ2v) is 4.68. The largest absolute Gasteiger partial charge is 0.416 e. The smallest absolute Gasteiger partial charge is 0.392 e. The quantitative estimate of drug-likeness (QED) is 0.869. The van der Waals surface area contributed by atoms with Crippen LogP contribution in [0.2, 0.25) is 0 Å². The second kappa shape index (κ2) is 5.90. The standard InChI is InChI=1S/C13H15F3N2O3/c14-13(15,16)10-5-9(2-1-8(10)6-19)18-3-4-21-7-11(18)12(17)20/h1-2,5,11,19H,3-4,6-7H2,(H2,17,20). The average Bonchev–Trinajstić information content (AvgIpc) is 2.45. The SMILES string of the molecule is NC(=O)C1COCCN1c1ccc(CO)c(C(F)(F)F)c1. The van der Waals surface area contributed by atoms with Crippen LogP contribution in [0.4, 0.5) is 18.9 Å². The van der Waals surface area contributed by atoms with Gasteiger partial charge in [0.25, 0.3) is 0 Å². The van der Waals surface area contributed by atoms with E-state index in [0.717, 1.165) is 6.07 Å². The maximum Gasteiger partial charge on any atom is 0.416 e. The number of morpholine rings is 1. The number of aliphatic hydroxyl groups excluding tert-OH is 1. The Bertz CT molecular complexity index is 534. The lowest BCUT2D eigenvalue weighted by Crippen LogP contribution is -2.52. The number of benzene rings is 1. The summed E-state index contributed by atoms with van der Waals surface area (Å²) < 4.78 is 44.1. The molecule has 1 saturated heterocycles. The number of carbonyl (C=O) groups is 1. The third kappa shape index (κ3) is 3.27. The number of ether oxygens (including phenoxy) is 1. The van der Waals surface area contributed by atoms with E-state index >= 15 is 0 Å². The molecule has 1 atom stereocenters. The summed E-state index contributed by atoms with van der Waals surface area (Å²) in [6, 6.07) is 2.75. The molecule has 1 aliphatic heterocycles. The Hall–Kier alpha value is -1.80. The molecule has 1 aromatic rings. The highest BCUT2D eigenvalue weighted by atomic mass is 19.4. The number of aliphatic hydroxyl groups is 1. The Balaban J connectivity index is 2.41. The number of hydrogen-bond donors (Lipinski definition) is 2. The molecule has 0 aromatic heterocycles. The third-order valence-electron chi connectivity index (χ3n) is 3.36. The number of primary amides is 1. The molecule has 0 radical (unpaired) electrons. The van der Waals surface area contributed by atoms with Crippen molar-refractivity contribution >= 4 is 11.6 Å². The van der Waals surface area contributed by atoms with Crippen molar-refractivity contribution in [3.8, 4) is 0 Å². The molecule has 1 unspecified atom stereocenters. The minimum atomic E-state index is -4.58. The topological polar surface area (TPSA) is 75.8 Å². The lowest BCUT2D eigenvalue weighted by Gasteiger charge is -2.35. The molecule has 116 valence electrons. The van der Waals surface area contributed by atoms with E-state index in [-0.39, 0.29) is 24.4 Å². The Morgan fingerprint density at radius 3 is 2.76 bits per heavy atom. The van der Waals surface area contributed by atoms with Crippen molar-refractivity contribution in [1.29, 1.82) is 0 Å². The Kier molecular flexibility index (Phi) is 4.38. The van der Waals surface area contributed by atoms with Gasteiger partial charge in [0, 0.05) is 12.2 Å². The molecule has 0 bridgehead atoms. The summed E-state index contributed by atoms with van der Waals surface area (Å²) in [5.74, 6) is -0.658. The number of rotatable bonds is 3. The Labute approximate surface area is 119 Å². The molecule has 1 amide bonds. The maximum absolute atomic E-state index is 13.0. The van der Waals surface area contributed by atoms with E-state index in [2.05, 4.69) is 0 Å². The van der Waals surface area contributed by atoms with Crippen molar-refractivity contribution in [2.24, 2.45) is 5.73 Å². The molecule has 1 heterocycles. The van der Waals surface area contributed by atoms with E-state index in [1.54, 1.807) is 0 Å². The van der Waals surface area contributed by atoms with Crippen molar-refractivity contribution < 1.29 is 27.8 Å². The molecule has 21 heavy (non-hydrogen) atoms. The number of halogens is 3. The summed E-state index contributed by atoms with van der Waals surface area (Å²) in [5.41, 5.74) is 4.35. The number of hydrogen-bond acceptors (Lipinski definition) is 4. The minimum Gasteiger partial charge on any atom is -0.392 e. The zero-order chi connectivity index (χ0) is 15.6. The van der Waals surface area contributed by atoms with E-state index in [9.17, 15) is 18.0 Å². The summed E-state index contributed by atoms with van der Waals surface area (Å²) in [4.78, 5) is 12.9. The van der Waals surface area contributed by atoms with Gasteiger partial charge in [-0.15, -0.1) is 0 Å². The van der Waals surface area contributed by atoms with Gasteiger partial charge in [0.2, 0.25) is 5.91 Å². The molecule has 5 nitrogen and oxygen atoms in total. The van der Waals surface area contributed by atoms with Crippen molar-refractivity contribution in [2.75, 3.05) is 24.7 Å². The van der Waals surface area contributed by atoms with Gasteiger partial charge in [-0.05, 0) is 17.7 Å². The number of alkyl halides is 3. The van der Waals surface area contributed by atoms with Crippen molar-refractivity contribution in [2.45, 2.75) is 18.8 Å². The number of nitrogens with two attached hydrogens (primary N) is 1. The lowest BCUT2D eigenvalue weighted by atomic mass is 10.0. The monoisotopic (exact) mass is 304 g/mol. The number of anilines is 1. The van der Waals surface area contributed by atoms with E-state index in [0.29, 0.717) is 6.61 Å². The van der Waals surface area contributed by atoms with Gasteiger partial charge in [-0.3, -0.25) is 4.79 Å². The first-order valence-corrected chi connectivity index (χ1v) is 6.29. The predicted octanol–water partition coefficient (Wildman–Crippen LogP) is 0.888. The summed E-state index contributed by atoms with van der Waals surface area (Å²) >= 11 is 0. The van der Waals surface area contributed by atoms with Crippen molar-refractivity contribution in [3.05, 3.63) is 29.3 Å². The van der Waals surface area contributed by atoms with Crippen LogP contribution in [-0.2, 0) is 22.3 Å². The highest BCUT2D eigenvalue weighted by Crippen LogP contribution is 2.35. The van der Waals surface area contributed by atoms with E-state index < -0.39 is 30.3 Å². The van der Waals surface area contributed by atoms with Gasteiger partial charge in [0.15, 0.2) is 0 Å². The molecule has 3 N–H and O–H groups in total. The number of carbonyl (C=O) groups excluding carboxylic acids is 1. The van der Waals surface area contributed by atoms with Crippen LogP contribution in [0, 0.1) is 0 Å². The zero-order valence-corrected chi connectivity index (χ0v) is 11.1. The first-order chi connectivity index (χ1) is 9.84. The molecule has 1 fully saturated rings. The summed E-state index contributed by atoms with van der Waals surface area (Å²) in [5, 5.41) is 9.02. The average molecular weight is 304 g/mol. The summed E-state index contributed by atoms with van der Waals surface area (Å²) in [6.45, 7) is -0.105. The molecule has 2 rings (SSSR count). The zero-order valence-electron chi connectivity index (χ0n) is 11.1. The first-order valence-electron chi connectivity index (χ1n) is 6.29. The van der Waals surface area contributed by atoms with Crippen LogP contribution in [-0.4, -0.2) is 36.8 Å². The fourth-order valence-electron chi connectivity index (χ4n) is 2.29. The van der Waals surface area contributed by atoms with Crippen LogP contribution < -0.4 is 10.6 Å². The highest BCUT2D eigenvalue weighted by Gasteiger charge is 2.35. The first kappa shape index (κ1) is 15.6. The fraction of sp³-hybridized carbons (Fsp3) is 0.462. The van der Waals surface area contributed by atoms with Gasteiger partial charge in [-0.1, -0.05) is 6.07 Å². The molecule has 1 aromatic carbocycles. The molecular formula is C13H15F3N2O3. The fourth-order valence-corrected chi connectivity index (χ4v) is 2.29. The number of amides is 1.